The predicted molar refractivity (Wildman–Crippen MR) is 98.0 cm³/mol. The number of likely N-dealkylation sites (tertiary alicyclic amines) is 1. The van der Waals surface area contributed by atoms with Gasteiger partial charge in [-0.2, -0.15) is 0 Å². The molecule has 0 bridgehead atoms. The van der Waals surface area contributed by atoms with E-state index in [1.165, 1.54) is 5.56 Å². The number of rotatable bonds is 4. The average Bonchev–Trinajstić information content (AvgIpc) is 3.08. The maximum atomic E-state index is 12.9. The molecule has 1 aliphatic carbocycles. The minimum atomic E-state index is 0.0647. The topological polar surface area (TPSA) is 41.6 Å². The Morgan fingerprint density at radius 1 is 1.28 bits per heavy atom. The number of hydrogen-bond donors (Lipinski definition) is 1. The first kappa shape index (κ1) is 17.0. The van der Waals surface area contributed by atoms with Gasteiger partial charge < -0.3 is 10.1 Å². The van der Waals surface area contributed by atoms with Crippen molar-refractivity contribution in [2.45, 2.75) is 51.8 Å². The van der Waals surface area contributed by atoms with Crippen LogP contribution >= 0.6 is 0 Å². The van der Waals surface area contributed by atoms with Crippen molar-refractivity contribution in [1.29, 1.82) is 0 Å². The lowest BCUT2D eigenvalue weighted by molar-refractivity contribution is -0.142. The van der Waals surface area contributed by atoms with Gasteiger partial charge in [0.25, 0.3) is 0 Å². The second kappa shape index (κ2) is 6.73. The number of hydrogen-bond acceptors (Lipinski definition) is 3. The highest BCUT2D eigenvalue weighted by molar-refractivity contribution is 5.79. The van der Waals surface area contributed by atoms with Gasteiger partial charge >= 0.3 is 0 Å². The van der Waals surface area contributed by atoms with Crippen LogP contribution in [-0.2, 0) is 16.1 Å². The fraction of sp³-hybridized carbons (Fsp3) is 0.667. The number of fused-ring (bicyclic) bond motifs is 1. The van der Waals surface area contributed by atoms with Crippen molar-refractivity contribution in [1.82, 2.24) is 10.2 Å². The highest BCUT2D eigenvalue weighted by Crippen LogP contribution is 2.52. The number of amides is 1. The van der Waals surface area contributed by atoms with Crippen LogP contribution in [0.15, 0.2) is 30.3 Å². The Balaban J connectivity index is 1.34. The number of carbonyl (C=O) groups excluding carboxylic acids is 1. The maximum Gasteiger partial charge on any atom is 0.224 e. The molecule has 1 amide bonds. The highest BCUT2D eigenvalue weighted by atomic mass is 16.5. The summed E-state index contributed by atoms with van der Waals surface area (Å²) >= 11 is 0. The van der Waals surface area contributed by atoms with Crippen LogP contribution in [0.4, 0.5) is 0 Å². The molecule has 1 saturated carbocycles. The molecule has 2 aliphatic heterocycles. The summed E-state index contributed by atoms with van der Waals surface area (Å²) in [5.41, 5.74) is 1.39. The zero-order valence-electron chi connectivity index (χ0n) is 15.4. The first-order valence-corrected chi connectivity index (χ1v) is 9.74. The van der Waals surface area contributed by atoms with Crippen molar-refractivity contribution < 1.29 is 9.53 Å². The SMILES string of the molecule is CC1(C)C(NC(=O)C2CCCN(Cc3ccccc3)C2)C2CCOC21. The molecule has 0 spiro atoms. The smallest absolute Gasteiger partial charge is 0.224 e. The van der Waals surface area contributed by atoms with Gasteiger partial charge in [-0.15, -0.1) is 0 Å². The minimum Gasteiger partial charge on any atom is -0.377 e. The van der Waals surface area contributed by atoms with Crippen molar-refractivity contribution in [3.8, 4) is 0 Å². The third-order valence-electron chi connectivity index (χ3n) is 6.52. The van der Waals surface area contributed by atoms with Gasteiger partial charge in [0, 0.05) is 37.1 Å². The van der Waals surface area contributed by atoms with E-state index in [9.17, 15) is 4.79 Å². The summed E-state index contributed by atoms with van der Waals surface area (Å²) < 4.78 is 5.85. The Kier molecular flexibility index (Phi) is 4.59. The second-order valence-corrected chi connectivity index (χ2v) is 8.61. The van der Waals surface area contributed by atoms with Crippen LogP contribution in [0.25, 0.3) is 0 Å². The Morgan fingerprint density at radius 3 is 2.88 bits per heavy atom. The summed E-state index contributed by atoms with van der Waals surface area (Å²) in [6.45, 7) is 8.21. The van der Waals surface area contributed by atoms with Gasteiger partial charge in [-0.1, -0.05) is 44.2 Å². The average molecular weight is 342 g/mol. The lowest BCUT2D eigenvalue weighted by Crippen LogP contribution is -2.67. The Labute approximate surface area is 150 Å². The number of nitrogens with zero attached hydrogens (tertiary/aromatic N) is 1. The Morgan fingerprint density at radius 2 is 2.08 bits per heavy atom. The van der Waals surface area contributed by atoms with Crippen LogP contribution in [0.3, 0.4) is 0 Å². The molecule has 1 aromatic rings. The van der Waals surface area contributed by atoms with Crippen LogP contribution in [0.5, 0.6) is 0 Å². The molecule has 4 heteroatoms. The van der Waals surface area contributed by atoms with Gasteiger partial charge in [0.15, 0.2) is 0 Å². The molecule has 4 nitrogen and oxygen atoms in total. The first-order chi connectivity index (χ1) is 12.1. The third kappa shape index (κ3) is 3.22. The molecular formula is C21H30N2O2. The maximum absolute atomic E-state index is 12.9. The molecule has 0 aromatic heterocycles. The van der Waals surface area contributed by atoms with Gasteiger partial charge in [-0.25, -0.2) is 0 Å². The normalized spacial score (nSPS) is 34.2. The monoisotopic (exact) mass is 342 g/mol. The van der Waals surface area contributed by atoms with Gasteiger partial charge in [0.1, 0.15) is 0 Å². The van der Waals surface area contributed by atoms with E-state index < -0.39 is 0 Å². The largest absolute Gasteiger partial charge is 0.377 e. The summed E-state index contributed by atoms with van der Waals surface area (Å²) in [5.74, 6) is 0.888. The number of piperidine rings is 1. The lowest BCUT2D eigenvalue weighted by atomic mass is 9.57. The van der Waals surface area contributed by atoms with E-state index in [0.29, 0.717) is 12.0 Å². The van der Waals surface area contributed by atoms with Crippen LogP contribution in [-0.4, -0.2) is 42.6 Å². The number of carbonyl (C=O) groups is 1. The molecule has 1 aromatic carbocycles. The predicted octanol–water partition coefficient (Wildman–Crippen LogP) is 2.83. The molecule has 3 fully saturated rings. The highest BCUT2D eigenvalue weighted by Gasteiger charge is 2.59. The first-order valence-electron chi connectivity index (χ1n) is 9.74. The standard InChI is InChI=1S/C21H30N2O2/c1-21(2)18(17-10-12-25-19(17)21)22-20(24)16-9-6-11-23(14-16)13-15-7-4-3-5-8-15/h3-5,7-8,16-19H,6,9-14H2,1-2H3,(H,22,24). The van der Waals surface area contributed by atoms with Crippen LogP contribution in [0.1, 0.15) is 38.7 Å². The van der Waals surface area contributed by atoms with Crippen LogP contribution in [0.2, 0.25) is 0 Å². The second-order valence-electron chi connectivity index (χ2n) is 8.61. The lowest BCUT2D eigenvalue weighted by Gasteiger charge is -2.55. The van der Waals surface area contributed by atoms with Crippen LogP contribution < -0.4 is 5.32 Å². The molecule has 25 heavy (non-hydrogen) atoms. The van der Waals surface area contributed by atoms with E-state index in [1.807, 2.05) is 0 Å². The third-order valence-corrected chi connectivity index (χ3v) is 6.52. The van der Waals surface area contributed by atoms with Gasteiger partial charge in [0.2, 0.25) is 5.91 Å². The molecule has 1 N–H and O–H groups in total. The summed E-state index contributed by atoms with van der Waals surface area (Å²) in [5, 5.41) is 3.39. The molecule has 4 unspecified atom stereocenters. The fourth-order valence-electron chi connectivity index (χ4n) is 5.14. The summed E-state index contributed by atoms with van der Waals surface area (Å²) in [6, 6.07) is 10.8. The van der Waals surface area contributed by atoms with Gasteiger partial charge in [-0.3, -0.25) is 9.69 Å². The summed E-state index contributed by atoms with van der Waals surface area (Å²) in [7, 11) is 0. The molecule has 136 valence electrons. The van der Waals surface area contributed by atoms with E-state index in [1.54, 1.807) is 0 Å². The van der Waals surface area contributed by atoms with Crippen LogP contribution in [0, 0.1) is 17.3 Å². The molecule has 2 heterocycles. The molecule has 0 radical (unpaired) electrons. The summed E-state index contributed by atoms with van der Waals surface area (Å²) in [6.07, 6.45) is 3.53. The zero-order chi connectivity index (χ0) is 17.4. The Hall–Kier alpha value is -1.39. The van der Waals surface area contributed by atoms with Gasteiger partial charge in [0.05, 0.1) is 12.0 Å². The van der Waals surface area contributed by atoms with Crippen molar-refractivity contribution in [2.24, 2.45) is 17.3 Å². The number of nitrogens with one attached hydrogen (secondary N) is 1. The molecular weight excluding hydrogens is 312 g/mol. The van der Waals surface area contributed by atoms with Gasteiger partial charge in [-0.05, 0) is 31.4 Å². The zero-order valence-corrected chi connectivity index (χ0v) is 15.4. The summed E-state index contributed by atoms with van der Waals surface area (Å²) in [4.78, 5) is 15.3. The molecule has 3 aliphatic rings. The van der Waals surface area contributed by atoms with E-state index in [-0.39, 0.29) is 23.3 Å². The fourth-order valence-corrected chi connectivity index (χ4v) is 5.14. The minimum absolute atomic E-state index is 0.0647. The molecule has 4 atom stereocenters. The van der Waals surface area contributed by atoms with Crippen molar-refractivity contribution in [3.05, 3.63) is 35.9 Å². The van der Waals surface area contributed by atoms with E-state index in [4.69, 9.17) is 4.74 Å². The van der Waals surface area contributed by atoms with Crippen molar-refractivity contribution in [2.75, 3.05) is 19.7 Å². The molecule has 4 rings (SSSR count). The van der Waals surface area contributed by atoms with E-state index >= 15 is 0 Å². The Bertz CT molecular complexity index is 616. The van der Waals surface area contributed by atoms with E-state index in [0.717, 1.165) is 45.5 Å². The quantitative estimate of drug-likeness (QED) is 0.915. The van der Waals surface area contributed by atoms with E-state index in [2.05, 4.69) is 54.4 Å². The molecule has 2 saturated heterocycles. The van der Waals surface area contributed by atoms with Crippen molar-refractivity contribution >= 4 is 5.91 Å². The number of ether oxygens (including phenoxy) is 1. The number of benzene rings is 1. The van der Waals surface area contributed by atoms with Crippen molar-refractivity contribution in [3.63, 3.8) is 0 Å².